The van der Waals surface area contributed by atoms with Gasteiger partial charge in [0.2, 0.25) is 5.91 Å². The van der Waals surface area contributed by atoms with Gasteiger partial charge in [-0.2, -0.15) is 0 Å². The van der Waals surface area contributed by atoms with Gasteiger partial charge in [-0.25, -0.2) is 9.18 Å². The summed E-state index contributed by atoms with van der Waals surface area (Å²) in [6.07, 6.45) is -1.04. The zero-order valence-electron chi connectivity index (χ0n) is 19.1. The summed E-state index contributed by atoms with van der Waals surface area (Å²) < 4.78 is 25.4. The smallest absolute Gasteiger partial charge is 0.433 e. The van der Waals surface area contributed by atoms with Crippen molar-refractivity contribution in [3.05, 3.63) is 52.0 Å². The number of furan rings is 1. The predicted octanol–water partition coefficient (Wildman–Crippen LogP) is 2.26. The number of nitrogens with one attached hydrogen (secondary N) is 2. The number of fused-ring (bicyclic) bond motifs is 1. The normalized spacial score (nSPS) is 24.9. The van der Waals surface area contributed by atoms with Crippen molar-refractivity contribution in [1.29, 1.82) is 0 Å². The van der Waals surface area contributed by atoms with E-state index in [9.17, 15) is 24.1 Å². The van der Waals surface area contributed by atoms with Gasteiger partial charge in [-0.15, -0.1) is 0 Å². The van der Waals surface area contributed by atoms with Gasteiger partial charge >= 0.3 is 12.0 Å². The minimum Gasteiger partial charge on any atom is -0.442 e. The number of benzene rings is 1. The van der Waals surface area contributed by atoms with Crippen LogP contribution in [0.2, 0.25) is 0 Å². The maximum absolute atomic E-state index is 15.0. The molecule has 2 N–H and O–H groups in total. The van der Waals surface area contributed by atoms with Crippen LogP contribution in [0.15, 0.2) is 34.7 Å². The van der Waals surface area contributed by atoms with Gasteiger partial charge in [0.05, 0.1) is 37.1 Å². The third kappa shape index (κ3) is 4.78. The molecule has 1 aromatic heterocycles. The quantitative estimate of drug-likeness (QED) is 0.407. The summed E-state index contributed by atoms with van der Waals surface area (Å²) in [6.45, 7) is 4.55. The zero-order chi connectivity index (χ0) is 24.7. The molecule has 3 atom stereocenters. The highest BCUT2D eigenvalue weighted by atomic mass is 19.1. The Labute approximate surface area is 200 Å². The summed E-state index contributed by atoms with van der Waals surface area (Å²) in [7, 11) is 0. The minimum atomic E-state index is -0.561. The molecule has 2 saturated heterocycles. The molecule has 35 heavy (non-hydrogen) atoms. The second-order valence-electron chi connectivity index (χ2n) is 9.21. The first-order chi connectivity index (χ1) is 16.8. The Morgan fingerprint density at radius 1 is 1.20 bits per heavy atom. The summed E-state index contributed by atoms with van der Waals surface area (Å²) in [5.41, 5.74) is 0.934. The number of piperidine rings is 1. The molecule has 0 radical (unpaired) electrons. The number of rotatable bonds is 9. The number of halogens is 1. The van der Waals surface area contributed by atoms with Crippen molar-refractivity contribution in [2.45, 2.75) is 19.6 Å². The average Bonchev–Trinajstić information content (AvgIpc) is 3.25. The summed E-state index contributed by atoms with van der Waals surface area (Å²) in [4.78, 5) is 36.8. The predicted molar refractivity (Wildman–Crippen MR) is 122 cm³/mol. The van der Waals surface area contributed by atoms with E-state index in [1.165, 1.54) is 24.0 Å². The van der Waals surface area contributed by atoms with Gasteiger partial charge in [-0.1, -0.05) is 0 Å². The molecule has 1 aromatic carbocycles. The van der Waals surface area contributed by atoms with Gasteiger partial charge in [0, 0.05) is 20.0 Å². The van der Waals surface area contributed by atoms with Gasteiger partial charge in [-0.05, 0) is 48.6 Å². The number of hydrogen-bond acceptors (Lipinski definition) is 8. The number of hydrogen-bond donors (Lipinski definition) is 2. The molecule has 2 amide bonds. The van der Waals surface area contributed by atoms with Crippen molar-refractivity contribution < 1.29 is 28.1 Å². The summed E-state index contributed by atoms with van der Waals surface area (Å²) in [6, 6.07) is 7.70. The summed E-state index contributed by atoms with van der Waals surface area (Å²) in [5, 5.41) is 16.6. The Balaban J connectivity index is 1.11. The Morgan fingerprint density at radius 3 is 2.63 bits per heavy atom. The van der Waals surface area contributed by atoms with Gasteiger partial charge in [-0.3, -0.25) is 19.8 Å². The van der Waals surface area contributed by atoms with Crippen LogP contribution >= 0.6 is 0 Å². The molecule has 2 aliphatic heterocycles. The van der Waals surface area contributed by atoms with Crippen molar-refractivity contribution in [2.75, 3.05) is 42.5 Å². The molecule has 0 spiro atoms. The fourth-order valence-electron chi connectivity index (χ4n) is 5.09. The molecule has 11 nitrogen and oxygen atoms in total. The van der Waals surface area contributed by atoms with Crippen molar-refractivity contribution in [3.8, 4) is 0 Å². The van der Waals surface area contributed by atoms with E-state index in [-0.39, 0.29) is 24.9 Å². The van der Waals surface area contributed by atoms with E-state index in [4.69, 9.17) is 9.15 Å². The van der Waals surface area contributed by atoms with Gasteiger partial charge < -0.3 is 24.7 Å². The molecule has 12 heteroatoms. The van der Waals surface area contributed by atoms with E-state index in [1.54, 1.807) is 18.2 Å². The lowest BCUT2D eigenvalue weighted by atomic mass is 10.2. The largest absolute Gasteiger partial charge is 0.442 e. The standard InChI is InChI=1S/C23H26FN5O6/c1-13(30)26-8-16-10-28(23(31)35-16)14-2-4-21(20(24)6-14)27-11-18-17(19(18)12-27)9-25-7-15-3-5-22(34-15)29(32)33/h2-6,16-19,25H,7-12H2,1H3,(H,26,30)/t16-,17?,18?,19?/m0/s1. The maximum atomic E-state index is 15.0. The number of ether oxygens (including phenoxy) is 1. The Bertz CT molecular complexity index is 1140. The lowest BCUT2D eigenvalue weighted by molar-refractivity contribution is -0.402. The number of nitrogens with zero attached hydrogens (tertiary/aromatic N) is 3. The number of carbonyl (C=O) groups is 2. The monoisotopic (exact) mass is 487 g/mol. The number of anilines is 2. The molecular weight excluding hydrogens is 461 g/mol. The fourth-order valence-corrected chi connectivity index (χ4v) is 5.09. The van der Waals surface area contributed by atoms with Crippen LogP contribution in [-0.2, 0) is 16.1 Å². The average molecular weight is 487 g/mol. The van der Waals surface area contributed by atoms with E-state index >= 15 is 0 Å². The summed E-state index contributed by atoms with van der Waals surface area (Å²) >= 11 is 0. The first-order valence-corrected chi connectivity index (χ1v) is 11.5. The van der Waals surface area contributed by atoms with E-state index in [1.807, 2.05) is 4.90 Å². The number of cyclic esters (lactones) is 1. The van der Waals surface area contributed by atoms with Crippen LogP contribution in [0.3, 0.4) is 0 Å². The Hall–Kier alpha value is -3.67. The molecule has 1 aliphatic carbocycles. The highest BCUT2D eigenvalue weighted by Gasteiger charge is 2.55. The van der Waals surface area contributed by atoms with E-state index < -0.39 is 22.9 Å². The van der Waals surface area contributed by atoms with Gasteiger partial charge in [0.1, 0.15) is 22.6 Å². The van der Waals surface area contributed by atoms with E-state index in [0.717, 1.165) is 19.6 Å². The van der Waals surface area contributed by atoms with Crippen LogP contribution in [0.4, 0.5) is 26.4 Å². The highest BCUT2D eigenvalue weighted by molar-refractivity contribution is 5.90. The second-order valence-corrected chi connectivity index (χ2v) is 9.21. The van der Waals surface area contributed by atoms with Gasteiger partial charge in [0.15, 0.2) is 0 Å². The molecule has 3 fully saturated rings. The summed E-state index contributed by atoms with van der Waals surface area (Å²) in [5.74, 6) is 1.08. The molecule has 2 aromatic rings. The van der Waals surface area contributed by atoms with Gasteiger partial charge in [0.25, 0.3) is 0 Å². The Morgan fingerprint density at radius 2 is 1.97 bits per heavy atom. The molecule has 5 rings (SSSR count). The highest BCUT2D eigenvalue weighted by Crippen LogP contribution is 2.52. The Kier molecular flexibility index (Phi) is 6.05. The molecule has 1 saturated carbocycles. The molecule has 186 valence electrons. The van der Waals surface area contributed by atoms with Crippen LogP contribution < -0.4 is 20.4 Å². The van der Waals surface area contributed by atoms with Crippen LogP contribution in [0.1, 0.15) is 12.7 Å². The maximum Gasteiger partial charge on any atom is 0.433 e. The molecule has 3 heterocycles. The molecule has 0 bridgehead atoms. The third-order valence-corrected chi connectivity index (χ3v) is 6.91. The van der Waals surface area contributed by atoms with Crippen LogP contribution in [0.25, 0.3) is 0 Å². The van der Waals surface area contributed by atoms with Crippen molar-refractivity contribution in [1.82, 2.24) is 10.6 Å². The fraction of sp³-hybridized carbons (Fsp3) is 0.478. The van der Waals surface area contributed by atoms with Crippen molar-refractivity contribution in [3.63, 3.8) is 0 Å². The zero-order valence-corrected chi connectivity index (χ0v) is 19.1. The topological polar surface area (TPSA) is 130 Å². The van der Waals surface area contributed by atoms with Crippen molar-refractivity contribution in [2.24, 2.45) is 17.8 Å². The molecule has 2 unspecified atom stereocenters. The van der Waals surface area contributed by atoms with E-state index in [0.29, 0.717) is 41.4 Å². The van der Waals surface area contributed by atoms with Crippen LogP contribution in [0, 0.1) is 33.7 Å². The first-order valence-electron chi connectivity index (χ1n) is 11.5. The SMILES string of the molecule is CC(=O)NC[C@H]1CN(c2ccc(N3CC4C(CNCc5ccc([N+](=O)[O-])o5)C4C3)c(F)c2)C(=O)O1. The van der Waals surface area contributed by atoms with E-state index in [2.05, 4.69) is 10.6 Å². The first kappa shape index (κ1) is 23.1. The lowest BCUT2D eigenvalue weighted by Gasteiger charge is -2.24. The molecular formula is C23H26FN5O6. The molecule has 3 aliphatic rings. The second kappa shape index (κ2) is 9.17. The van der Waals surface area contributed by atoms with Crippen molar-refractivity contribution >= 4 is 29.3 Å². The number of amides is 2. The number of carbonyl (C=O) groups excluding carboxylic acids is 2. The van der Waals surface area contributed by atoms with Crippen LogP contribution in [-0.4, -0.2) is 55.8 Å². The number of nitro groups is 1. The minimum absolute atomic E-state index is 0.208. The lowest BCUT2D eigenvalue weighted by Crippen LogP contribution is -2.33. The van der Waals surface area contributed by atoms with Crippen LogP contribution in [0.5, 0.6) is 0 Å². The third-order valence-electron chi connectivity index (χ3n) is 6.91.